The molecular formula is C10H24O4SSi. The summed E-state index contributed by atoms with van der Waals surface area (Å²) in [6, 6.07) is 0.927. The maximum absolute atomic E-state index is 8.67. The van der Waals surface area contributed by atoms with Crippen molar-refractivity contribution in [3.63, 3.8) is 0 Å². The number of carbonyl (C=O) groups is 1. The first-order chi connectivity index (χ1) is 7.66. The molecule has 0 saturated heterocycles. The third kappa shape index (κ3) is 9.35. The molecular weight excluding hydrogens is 244 g/mol. The Kier molecular flexibility index (Phi) is 15.2. The summed E-state index contributed by atoms with van der Waals surface area (Å²) < 4.78 is 15.9. The van der Waals surface area contributed by atoms with E-state index >= 15 is 0 Å². The lowest BCUT2D eigenvalue weighted by molar-refractivity contribution is 0.122. The van der Waals surface area contributed by atoms with Crippen molar-refractivity contribution in [2.75, 3.05) is 21.3 Å². The SMILES string of the molecule is CCCCCC[Si](OC)(OC)OC.O=CS. The van der Waals surface area contributed by atoms with Gasteiger partial charge in [0.15, 0.2) is 5.62 Å². The molecule has 0 aliphatic rings. The highest BCUT2D eigenvalue weighted by Crippen LogP contribution is 2.17. The molecule has 0 fully saturated rings. The molecule has 0 amide bonds. The molecule has 0 aliphatic carbocycles. The van der Waals surface area contributed by atoms with E-state index in [2.05, 4.69) is 19.6 Å². The smallest absolute Gasteiger partial charge is 0.377 e. The van der Waals surface area contributed by atoms with Gasteiger partial charge >= 0.3 is 8.80 Å². The van der Waals surface area contributed by atoms with Crippen LogP contribution in [0.15, 0.2) is 0 Å². The lowest BCUT2D eigenvalue weighted by Crippen LogP contribution is -2.42. The third-order valence-corrected chi connectivity index (χ3v) is 5.10. The second-order valence-electron chi connectivity index (χ2n) is 3.21. The average Bonchev–Trinajstić information content (AvgIpc) is 2.32. The minimum Gasteiger partial charge on any atom is -0.377 e. The highest BCUT2D eigenvalue weighted by Gasteiger charge is 2.36. The summed E-state index contributed by atoms with van der Waals surface area (Å²) in [6.45, 7) is 2.20. The van der Waals surface area contributed by atoms with Crippen LogP contribution < -0.4 is 0 Å². The molecule has 0 heterocycles. The molecule has 98 valence electrons. The molecule has 0 saturated carbocycles. The first-order valence-electron chi connectivity index (χ1n) is 5.39. The zero-order valence-electron chi connectivity index (χ0n) is 10.7. The number of thiol groups is 1. The van der Waals surface area contributed by atoms with Crippen molar-refractivity contribution in [2.45, 2.75) is 38.7 Å². The second kappa shape index (κ2) is 13.2. The van der Waals surface area contributed by atoms with Gasteiger partial charge in [-0.05, 0) is 6.42 Å². The van der Waals surface area contributed by atoms with E-state index in [0.717, 1.165) is 12.5 Å². The molecule has 0 aromatic heterocycles. The summed E-state index contributed by atoms with van der Waals surface area (Å²) in [5.74, 6) is 0. The standard InChI is InChI=1S/C9H22O3Si.CH2OS/c1-5-6-7-8-9-13(10-2,11-3)12-4;2-1-3/h5-9H2,1-4H3;1H,(H,2,3). The normalized spacial score (nSPS) is 10.6. The number of rotatable bonds is 8. The molecule has 0 atom stereocenters. The first-order valence-corrected chi connectivity index (χ1v) is 7.84. The molecule has 0 radical (unpaired) electrons. The van der Waals surface area contributed by atoms with Crippen LogP contribution in [0.1, 0.15) is 32.6 Å². The second-order valence-corrected chi connectivity index (χ2v) is 6.51. The van der Waals surface area contributed by atoms with Crippen molar-refractivity contribution in [3.8, 4) is 0 Å². The molecule has 0 rings (SSSR count). The summed E-state index contributed by atoms with van der Waals surface area (Å²) >= 11 is 3.11. The summed E-state index contributed by atoms with van der Waals surface area (Å²) in [4.78, 5) is 8.67. The van der Waals surface area contributed by atoms with Gasteiger partial charge in [0, 0.05) is 27.4 Å². The Morgan fingerprint density at radius 2 is 1.50 bits per heavy atom. The lowest BCUT2D eigenvalue weighted by Gasteiger charge is -2.24. The van der Waals surface area contributed by atoms with E-state index in [-0.39, 0.29) is 0 Å². The van der Waals surface area contributed by atoms with E-state index in [9.17, 15) is 0 Å². The van der Waals surface area contributed by atoms with Gasteiger partial charge in [0.2, 0.25) is 0 Å². The maximum atomic E-state index is 8.67. The lowest BCUT2D eigenvalue weighted by atomic mass is 10.2. The first kappa shape index (κ1) is 18.5. The fourth-order valence-electron chi connectivity index (χ4n) is 1.32. The number of carbonyl (C=O) groups excluding carboxylic acids is 1. The van der Waals surface area contributed by atoms with Crippen molar-refractivity contribution in [1.29, 1.82) is 0 Å². The molecule has 0 spiro atoms. The molecule has 6 heteroatoms. The largest absolute Gasteiger partial charge is 0.500 e. The summed E-state index contributed by atoms with van der Waals surface area (Å²) in [6.07, 6.45) is 4.90. The monoisotopic (exact) mass is 268 g/mol. The molecule has 0 bridgehead atoms. The Bertz CT molecular complexity index is 145. The zero-order chi connectivity index (χ0) is 12.9. The third-order valence-electron chi connectivity index (χ3n) is 2.27. The van der Waals surface area contributed by atoms with Gasteiger partial charge in [0.1, 0.15) is 0 Å². The van der Waals surface area contributed by atoms with E-state index < -0.39 is 8.80 Å². The topological polar surface area (TPSA) is 44.8 Å². The Morgan fingerprint density at radius 3 is 1.81 bits per heavy atom. The summed E-state index contributed by atoms with van der Waals surface area (Å²) in [5, 5.41) is 0. The van der Waals surface area contributed by atoms with Crippen molar-refractivity contribution in [1.82, 2.24) is 0 Å². The van der Waals surface area contributed by atoms with Crippen LogP contribution in [0, 0.1) is 0 Å². The number of hydrogen-bond donors (Lipinski definition) is 1. The number of unbranched alkanes of at least 4 members (excludes halogenated alkanes) is 3. The quantitative estimate of drug-likeness (QED) is 0.318. The van der Waals surface area contributed by atoms with Crippen molar-refractivity contribution < 1.29 is 18.1 Å². The van der Waals surface area contributed by atoms with Crippen LogP contribution in [-0.2, 0) is 18.1 Å². The van der Waals surface area contributed by atoms with Crippen molar-refractivity contribution in [2.24, 2.45) is 0 Å². The van der Waals surface area contributed by atoms with Gasteiger partial charge in [0.05, 0.1) is 0 Å². The Hall–Kier alpha value is 0.117. The van der Waals surface area contributed by atoms with E-state index in [4.69, 9.17) is 18.1 Å². The van der Waals surface area contributed by atoms with Crippen molar-refractivity contribution in [3.05, 3.63) is 0 Å². The van der Waals surface area contributed by atoms with Crippen LogP contribution in [-0.4, -0.2) is 35.8 Å². The van der Waals surface area contributed by atoms with Gasteiger partial charge in [-0.1, -0.05) is 26.2 Å². The molecule has 0 N–H and O–H groups in total. The van der Waals surface area contributed by atoms with Gasteiger partial charge in [-0.25, -0.2) is 0 Å². The van der Waals surface area contributed by atoms with E-state index in [0.29, 0.717) is 5.62 Å². The molecule has 16 heavy (non-hydrogen) atoms. The van der Waals surface area contributed by atoms with Crippen LogP contribution >= 0.6 is 12.6 Å². The molecule has 4 nitrogen and oxygen atoms in total. The van der Waals surface area contributed by atoms with Crippen LogP contribution in [0.25, 0.3) is 0 Å². The Morgan fingerprint density at radius 1 is 1.06 bits per heavy atom. The van der Waals surface area contributed by atoms with Crippen LogP contribution in [0.4, 0.5) is 0 Å². The van der Waals surface area contributed by atoms with Crippen LogP contribution in [0.5, 0.6) is 0 Å². The van der Waals surface area contributed by atoms with E-state index in [1.165, 1.54) is 19.3 Å². The summed E-state index contributed by atoms with van der Waals surface area (Å²) in [5.41, 5.74) is 0.444. The van der Waals surface area contributed by atoms with Gasteiger partial charge in [-0.2, -0.15) is 0 Å². The summed E-state index contributed by atoms with van der Waals surface area (Å²) in [7, 11) is 2.73. The predicted molar refractivity (Wildman–Crippen MR) is 71.5 cm³/mol. The van der Waals surface area contributed by atoms with Gasteiger partial charge in [-0.3, -0.25) is 4.79 Å². The molecule has 0 aliphatic heterocycles. The number of hydrogen-bond acceptors (Lipinski definition) is 4. The van der Waals surface area contributed by atoms with E-state index in [1.807, 2.05) is 0 Å². The fraction of sp³-hybridized carbons (Fsp3) is 0.900. The minimum absolute atomic E-state index is 0.444. The van der Waals surface area contributed by atoms with Crippen molar-refractivity contribution >= 4 is 27.1 Å². The molecule has 0 aromatic carbocycles. The minimum atomic E-state index is -2.27. The van der Waals surface area contributed by atoms with Crippen LogP contribution in [0.3, 0.4) is 0 Å². The Labute approximate surface area is 105 Å². The highest BCUT2D eigenvalue weighted by molar-refractivity contribution is 7.94. The molecule has 0 unspecified atom stereocenters. The molecule has 0 aromatic rings. The average molecular weight is 268 g/mol. The van der Waals surface area contributed by atoms with Gasteiger partial charge < -0.3 is 13.3 Å². The zero-order valence-corrected chi connectivity index (χ0v) is 12.6. The van der Waals surface area contributed by atoms with Crippen LogP contribution in [0.2, 0.25) is 6.04 Å². The van der Waals surface area contributed by atoms with E-state index in [1.54, 1.807) is 21.3 Å². The predicted octanol–water partition coefficient (Wildman–Crippen LogP) is 2.55. The maximum Gasteiger partial charge on any atom is 0.500 e. The van der Waals surface area contributed by atoms with Gasteiger partial charge in [0.25, 0.3) is 0 Å². The Balaban J connectivity index is 0. The van der Waals surface area contributed by atoms with Gasteiger partial charge in [-0.15, -0.1) is 12.6 Å². The highest BCUT2D eigenvalue weighted by atomic mass is 32.1. The fourth-order valence-corrected chi connectivity index (χ4v) is 3.12.